The van der Waals surface area contributed by atoms with Crippen molar-refractivity contribution in [2.45, 2.75) is 18.9 Å². The molecular formula is C13H17N3. The summed E-state index contributed by atoms with van der Waals surface area (Å²) < 4.78 is 1.81. The molecule has 0 amide bonds. The van der Waals surface area contributed by atoms with E-state index in [0.29, 0.717) is 0 Å². The van der Waals surface area contributed by atoms with Crippen LogP contribution < -0.4 is 5.73 Å². The van der Waals surface area contributed by atoms with Crippen molar-refractivity contribution < 1.29 is 0 Å². The second-order valence-electron chi connectivity index (χ2n) is 4.13. The number of hydrogen-bond donors (Lipinski definition) is 1. The molecule has 1 atom stereocenters. The first-order valence-corrected chi connectivity index (χ1v) is 5.52. The summed E-state index contributed by atoms with van der Waals surface area (Å²) in [5, 5.41) is 4.33. The summed E-state index contributed by atoms with van der Waals surface area (Å²) in [4.78, 5) is 0. The Labute approximate surface area is 95.9 Å². The van der Waals surface area contributed by atoms with Crippen LogP contribution in [0.2, 0.25) is 0 Å². The number of benzene rings is 1. The first-order valence-electron chi connectivity index (χ1n) is 5.52. The van der Waals surface area contributed by atoms with E-state index in [2.05, 4.69) is 17.2 Å². The van der Waals surface area contributed by atoms with E-state index in [1.807, 2.05) is 42.2 Å². The minimum Gasteiger partial charge on any atom is -0.327 e. The summed E-state index contributed by atoms with van der Waals surface area (Å²) in [6.07, 6.45) is 3.68. The molecule has 3 nitrogen and oxygen atoms in total. The molecule has 0 saturated carbocycles. The highest BCUT2D eigenvalue weighted by Gasteiger charge is 2.06. The highest BCUT2D eigenvalue weighted by Crippen LogP contribution is 2.05. The Morgan fingerprint density at radius 2 is 1.94 bits per heavy atom. The molecule has 2 N–H and O–H groups in total. The summed E-state index contributed by atoms with van der Waals surface area (Å²) in [5.41, 5.74) is 8.44. The quantitative estimate of drug-likeness (QED) is 0.840. The molecule has 16 heavy (non-hydrogen) atoms. The third kappa shape index (κ3) is 2.94. The second-order valence-corrected chi connectivity index (χ2v) is 4.13. The Balaban J connectivity index is 1.92. The monoisotopic (exact) mass is 215 g/mol. The maximum absolute atomic E-state index is 6.10. The normalized spacial score (nSPS) is 12.6. The van der Waals surface area contributed by atoms with Gasteiger partial charge in [-0.15, -0.1) is 0 Å². The average Bonchev–Trinajstić information content (AvgIpc) is 2.65. The van der Waals surface area contributed by atoms with Crippen molar-refractivity contribution in [3.63, 3.8) is 0 Å². The zero-order valence-electron chi connectivity index (χ0n) is 9.50. The fourth-order valence-corrected chi connectivity index (χ4v) is 1.83. The van der Waals surface area contributed by atoms with Gasteiger partial charge in [0, 0.05) is 25.7 Å². The van der Waals surface area contributed by atoms with Crippen LogP contribution in [0.15, 0.2) is 42.6 Å². The maximum Gasteiger partial charge on any atom is 0.0640 e. The summed E-state index contributed by atoms with van der Waals surface area (Å²) in [5.74, 6) is 0. The Morgan fingerprint density at radius 1 is 1.19 bits per heavy atom. The fraction of sp³-hybridized carbons (Fsp3) is 0.308. The van der Waals surface area contributed by atoms with E-state index in [9.17, 15) is 0 Å². The number of aromatic nitrogens is 2. The summed E-state index contributed by atoms with van der Waals surface area (Å²) in [6.45, 7) is 0. The minimum absolute atomic E-state index is 0.136. The molecule has 0 radical (unpaired) electrons. The predicted octanol–water partition coefficient (Wildman–Crippen LogP) is 1.53. The van der Waals surface area contributed by atoms with Crippen molar-refractivity contribution in [3.05, 3.63) is 53.9 Å². The molecule has 0 fully saturated rings. The molecule has 0 saturated heterocycles. The predicted molar refractivity (Wildman–Crippen MR) is 65.0 cm³/mol. The Morgan fingerprint density at radius 3 is 2.56 bits per heavy atom. The van der Waals surface area contributed by atoms with Crippen molar-refractivity contribution in [3.8, 4) is 0 Å². The van der Waals surface area contributed by atoms with E-state index in [1.165, 1.54) is 5.56 Å². The molecule has 0 bridgehead atoms. The number of nitrogens with two attached hydrogens (primary N) is 1. The van der Waals surface area contributed by atoms with E-state index >= 15 is 0 Å². The zero-order valence-corrected chi connectivity index (χ0v) is 9.50. The minimum atomic E-state index is 0.136. The molecule has 1 aromatic carbocycles. The van der Waals surface area contributed by atoms with Crippen LogP contribution in [0.5, 0.6) is 0 Å². The maximum atomic E-state index is 6.10. The van der Waals surface area contributed by atoms with Gasteiger partial charge in [0.2, 0.25) is 0 Å². The molecule has 2 rings (SSSR count). The summed E-state index contributed by atoms with van der Waals surface area (Å²) in [7, 11) is 1.92. The van der Waals surface area contributed by atoms with Crippen LogP contribution in [0.1, 0.15) is 11.3 Å². The number of hydrogen-bond acceptors (Lipinski definition) is 2. The van der Waals surface area contributed by atoms with Gasteiger partial charge in [-0.25, -0.2) is 0 Å². The number of rotatable bonds is 4. The van der Waals surface area contributed by atoms with Crippen LogP contribution in [-0.2, 0) is 19.9 Å². The lowest BCUT2D eigenvalue weighted by atomic mass is 10.0. The molecule has 2 aromatic rings. The molecule has 3 heteroatoms. The van der Waals surface area contributed by atoms with Crippen LogP contribution in [-0.4, -0.2) is 15.8 Å². The van der Waals surface area contributed by atoms with Gasteiger partial charge in [0.05, 0.1) is 5.69 Å². The Hall–Kier alpha value is -1.61. The molecule has 1 heterocycles. The van der Waals surface area contributed by atoms with Gasteiger partial charge in [-0.3, -0.25) is 4.68 Å². The standard InChI is InChI=1S/C13H17N3/c1-16-8-7-13(15-16)10-12(14)9-11-5-3-2-4-6-11/h2-8,12H,9-10,14H2,1H3. The van der Waals surface area contributed by atoms with E-state index in [4.69, 9.17) is 5.73 Å². The van der Waals surface area contributed by atoms with E-state index in [-0.39, 0.29) is 6.04 Å². The Kier molecular flexibility index (Phi) is 3.37. The van der Waals surface area contributed by atoms with Gasteiger partial charge in [-0.1, -0.05) is 30.3 Å². The average molecular weight is 215 g/mol. The van der Waals surface area contributed by atoms with E-state index < -0.39 is 0 Å². The highest BCUT2D eigenvalue weighted by molar-refractivity contribution is 5.16. The van der Waals surface area contributed by atoms with Crippen molar-refractivity contribution in [1.29, 1.82) is 0 Å². The van der Waals surface area contributed by atoms with Crippen LogP contribution in [0.25, 0.3) is 0 Å². The lowest BCUT2D eigenvalue weighted by Gasteiger charge is -2.09. The third-order valence-electron chi connectivity index (χ3n) is 2.58. The van der Waals surface area contributed by atoms with Crippen LogP contribution >= 0.6 is 0 Å². The largest absolute Gasteiger partial charge is 0.327 e. The molecule has 0 spiro atoms. The van der Waals surface area contributed by atoms with Gasteiger partial charge < -0.3 is 5.73 Å². The smallest absolute Gasteiger partial charge is 0.0640 e. The topological polar surface area (TPSA) is 43.8 Å². The molecular weight excluding hydrogens is 198 g/mol. The molecule has 0 aliphatic carbocycles. The summed E-state index contributed by atoms with van der Waals surface area (Å²) in [6, 6.07) is 12.5. The van der Waals surface area contributed by atoms with Crippen LogP contribution in [0, 0.1) is 0 Å². The molecule has 0 aliphatic heterocycles. The third-order valence-corrected chi connectivity index (χ3v) is 2.58. The van der Waals surface area contributed by atoms with E-state index in [0.717, 1.165) is 18.5 Å². The van der Waals surface area contributed by atoms with Gasteiger partial charge in [-0.2, -0.15) is 5.10 Å². The lowest BCUT2D eigenvalue weighted by Crippen LogP contribution is -2.25. The highest BCUT2D eigenvalue weighted by atomic mass is 15.2. The first kappa shape index (κ1) is 10.9. The van der Waals surface area contributed by atoms with Crippen molar-refractivity contribution in [2.24, 2.45) is 12.8 Å². The van der Waals surface area contributed by atoms with Gasteiger partial charge in [-0.05, 0) is 18.1 Å². The van der Waals surface area contributed by atoms with Crippen molar-refractivity contribution in [1.82, 2.24) is 9.78 Å². The van der Waals surface area contributed by atoms with Crippen LogP contribution in [0.4, 0.5) is 0 Å². The second kappa shape index (κ2) is 4.94. The number of nitrogens with zero attached hydrogens (tertiary/aromatic N) is 2. The molecule has 1 aromatic heterocycles. The lowest BCUT2D eigenvalue weighted by molar-refractivity contribution is 0.638. The molecule has 1 unspecified atom stereocenters. The van der Waals surface area contributed by atoms with Crippen LogP contribution in [0.3, 0.4) is 0 Å². The van der Waals surface area contributed by atoms with Gasteiger partial charge in [0.25, 0.3) is 0 Å². The first-order chi connectivity index (χ1) is 7.74. The van der Waals surface area contributed by atoms with Gasteiger partial charge >= 0.3 is 0 Å². The molecule has 0 aliphatic rings. The zero-order chi connectivity index (χ0) is 11.4. The van der Waals surface area contributed by atoms with Gasteiger partial charge in [0.1, 0.15) is 0 Å². The Bertz CT molecular complexity index is 433. The van der Waals surface area contributed by atoms with Crippen molar-refractivity contribution >= 4 is 0 Å². The van der Waals surface area contributed by atoms with Gasteiger partial charge in [0.15, 0.2) is 0 Å². The van der Waals surface area contributed by atoms with Crippen molar-refractivity contribution in [2.75, 3.05) is 0 Å². The van der Waals surface area contributed by atoms with E-state index in [1.54, 1.807) is 0 Å². The SMILES string of the molecule is Cn1ccc(CC(N)Cc2ccccc2)n1. The number of aryl methyl sites for hydroxylation is 1. The summed E-state index contributed by atoms with van der Waals surface area (Å²) >= 11 is 0. The molecule has 84 valence electrons. The fourth-order valence-electron chi connectivity index (χ4n) is 1.83.